The SMILES string of the molecule is CN(Cc1ccc(F)c(F)c1)C(=O)C1CCCN(C(=O)c2ccc(F)cc2)C1. The van der Waals surface area contributed by atoms with Gasteiger partial charge in [-0.05, 0) is 54.8 Å². The number of nitrogens with zero attached hydrogens (tertiary/aromatic N) is 2. The third kappa shape index (κ3) is 4.52. The van der Waals surface area contributed by atoms with Gasteiger partial charge in [0.1, 0.15) is 5.82 Å². The van der Waals surface area contributed by atoms with Crippen molar-refractivity contribution in [2.75, 3.05) is 20.1 Å². The van der Waals surface area contributed by atoms with Crippen molar-refractivity contribution >= 4 is 11.8 Å². The van der Waals surface area contributed by atoms with E-state index in [1.807, 2.05) is 0 Å². The van der Waals surface area contributed by atoms with Crippen LogP contribution in [0.2, 0.25) is 0 Å². The monoisotopic (exact) mass is 390 g/mol. The molecule has 0 N–H and O–H groups in total. The molecule has 1 fully saturated rings. The second kappa shape index (κ2) is 8.46. The molecule has 3 rings (SSSR count). The number of benzene rings is 2. The number of halogens is 3. The van der Waals surface area contributed by atoms with Crippen molar-refractivity contribution in [1.82, 2.24) is 9.80 Å². The molecule has 7 heteroatoms. The van der Waals surface area contributed by atoms with Crippen LogP contribution in [-0.4, -0.2) is 41.8 Å². The number of carbonyl (C=O) groups excluding carboxylic acids is 2. The molecule has 1 heterocycles. The van der Waals surface area contributed by atoms with Crippen LogP contribution in [0.5, 0.6) is 0 Å². The van der Waals surface area contributed by atoms with Gasteiger partial charge in [0.25, 0.3) is 5.91 Å². The minimum absolute atomic E-state index is 0.151. The van der Waals surface area contributed by atoms with Gasteiger partial charge in [0.15, 0.2) is 11.6 Å². The Hall–Kier alpha value is -2.83. The Bertz CT molecular complexity index is 870. The van der Waals surface area contributed by atoms with Crippen LogP contribution in [0.1, 0.15) is 28.8 Å². The summed E-state index contributed by atoms with van der Waals surface area (Å²) in [6.45, 7) is 0.961. The summed E-state index contributed by atoms with van der Waals surface area (Å²) < 4.78 is 39.5. The molecule has 1 atom stereocenters. The van der Waals surface area contributed by atoms with Crippen molar-refractivity contribution in [3.8, 4) is 0 Å². The average molecular weight is 390 g/mol. The maximum absolute atomic E-state index is 13.4. The van der Waals surface area contributed by atoms with E-state index in [0.29, 0.717) is 30.5 Å². The third-order valence-corrected chi connectivity index (χ3v) is 4.93. The van der Waals surface area contributed by atoms with Gasteiger partial charge in [-0.25, -0.2) is 13.2 Å². The van der Waals surface area contributed by atoms with E-state index in [0.717, 1.165) is 12.1 Å². The van der Waals surface area contributed by atoms with Crippen LogP contribution in [0.3, 0.4) is 0 Å². The first kappa shape index (κ1) is 19.9. The number of likely N-dealkylation sites (tertiary alicyclic amines) is 1. The van der Waals surface area contributed by atoms with Crippen molar-refractivity contribution in [2.45, 2.75) is 19.4 Å². The van der Waals surface area contributed by atoms with Crippen LogP contribution in [-0.2, 0) is 11.3 Å². The normalized spacial score (nSPS) is 16.7. The van der Waals surface area contributed by atoms with Gasteiger partial charge in [0.2, 0.25) is 5.91 Å². The van der Waals surface area contributed by atoms with Gasteiger partial charge in [-0.2, -0.15) is 0 Å². The summed E-state index contributed by atoms with van der Waals surface area (Å²) >= 11 is 0. The van der Waals surface area contributed by atoms with Gasteiger partial charge in [0, 0.05) is 32.2 Å². The number of hydrogen-bond acceptors (Lipinski definition) is 2. The molecule has 148 valence electrons. The molecule has 4 nitrogen and oxygen atoms in total. The first-order chi connectivity index (χ1) is 13.3. The molecule has 0 radical (unpaired) electrons. The summed E-state index contributed by atoms with van der Waals surface area (Å²) in [5.41, 5.74) is 0.870. The molecule has 1 unspecified atom stereocenters. The molecule has 2 aromatic carbocycles. The molecule has 1 aliphatic rings. The lowest BCUT2D eigenvalue weighted by atomic mass is 9.95. The molecule has 28 heavy (non-hydrogen) atoms. The Morgan fingerprint density at radius 3 is 2.46 bits per heavy atom. The molecule has 1 saturated heterocycles. The van der Waals surface area contributed by atoms with Crippen molar-refractivity contribution in [1.29, 1.82) is 0 Å². The maximum Gasteiger partial charge on any atom is 0.253 e. The molecule has 0 spiro atoms. The van der Waals surface area contributed by atoms with Crippen LogP contribution >= 0.6 is 0 Å². The minimum Gasteiger partial charge on any atom is -0.341 e. The number of amides is 2. The topological polar surface area (TPSA) is 40.6 Å². The largest absolute Gasteiger partial charge is 0.341 e. The molecular formula is C21H21F3N2O2. The number of piperidine rings is 1. The number of rotatable bonds is 4. The fraction of sp³-hybridized carbons (Fsp3) is 0.333. The van der Waals surface area contributed by atoms with Gasteiger partial charge >= 0.3 is 0 Å². The highest BCUT2D eigenvalue weighted by Gasteiger charge is 2.30. The Labute approximate surface area is 161 Å². The van der Waals surface area contributed by atoms with E-state index >= 15 is 0 Å². The predicted octanol–water partition coefficient (Wildman–Crippen LogP) is 3.61. The van der Waals surface area contributed by atoms with Gasteiger partial charge < -0.3 is 9.80 Å². The summed E-state index contributed by atoms with van der Waals surface area (Å²) in [7, 11) is 1.60. The average Bonchev–Trinajstić information content (AvgIpc) is 2.70. The second-order valence-electron chi connectivity index (χ2n) is 7.04. The number of hydrogen-bond donors (Lipinski definition) is 0. The highest BCUT2D eigenvalue weighted by atomic mass is 19.2. The fourth-order valence-electron chi connectivity index (χ4n) is 3.44. The van der Waals surface area contributed by atoms with E-state index in [2.05, 4.69) is 0 Å². The molecule has 1 aliphatic heterocycles. The Morgan fingerprint density at radius 2 is 1.79 bits per heavy atom. The predicted molar refractivity (Wildman–Crippen MR) is 97.9 cm³/mol. The zero-order valence-corrected chi connectivity index (χ0v) is 15.5. The molecule has 0 bridgehead atoms. The molecule has 0 saturated carbocycles. The molecule has 0 aliphatic carbocycles. The van der Waals surface area contributed by atoms with Gasteiger partial charge in [-0.3, -0.25) is 9.59 Å². The Morgan fingerprint density at radius 1 is 1.07 bits per heavy atom. The Kier molecular flexibility index (Phi) is 6.02. The first-order valence-corrected chi connectivity index (χ1v) is 9.09. The lowest BCUT2D eigenvalue weighted by Gasteiger charge is -2.34. The van der Waals surface area contributed by atoms with E-state index in [1.54, 1.807) is 11.9 Å². The standard InChI is InChI=1S/C21H21F3N2O2/c1-25(12-14-4-9-18(23)19(24)11-14)20(27)16-3-2-10-26(13-16)21(28)15-5-7-17(22)8-6-15/h4-9,11,16H,2-3,10,12-13H2,1H3. The first-order valence-electron chi connectivity index (χ1n) is 9.09. The molecule has 2 amide bonds. The summed E-state index contributed by atoms with van der Waals surface area (Å²) in [6.07, 6.45) is 1.33. The lowest BCUT2D eigenvalue weighted by Crippen LogP contribution is -2.45. The zero-order valence-electron chi connectivity index (χ0n) is 15.5. The summed E-state index contributed by atoms with van der Waals surface area (Å²) in [4.78, 5) is 28.4. The zero-order chi connectivity index (χ0) is 20.3. The van der Waals surface area contributed by atoms with E-state index in [4.69, 9.17) is 0 Å². The molecule has 0 aromatic heterocycles. The van der Waals surface area contributed by atoms with Crippen molar-refractivity contribution < 1.29 is 22.8 Å². The fourth-order valence-corrected chi connectivity index (χ4v) is 3.44. The second-order valence-corrected chi connectivity index (χ2v) is 7.04. The van der Waals surface area contributed by atoms with E-state index in [1.165, 1.54) is 35.2 Å². The molecular weight excluding hydrogens is 369 g/mol. The quantitative estimate of drug-likeness (QED) is 0.800. The van der Waals surface area contributed by atoms with Crippen molar-refractivity contribution in [3.63, 3.8) is 0 Å². The van der Waals surface area contributed by atoms with Gasteiger partial charge in [-0.15, -0.1) is 0 Å². The van der Waals surface area contributed by atoms with Crippen LogP contribution in [0.15, 0.2) is 42.5 Å². The Balaban J connectivity index is 1.63. The van der Waals surface area contributed by atoms with E-state index in [-0.39, 0.29) is 30.8 Å². The van der Waals surface area contributed by atoms with Gasteiger partial charge in [0.05, 0.1) is 5.92 Å². The van der Waals surface area contributed by atoms with Crippen LogP contribution in [0.4, 0.5) is 13.2 Å². The summed E-state index contributed by atoms with van der Waals surface area (Å²) in [5, 5.41) is 0. The molecule has 2 aromatic rings. The van der Waals surface area contributed by atoms with Crippen LogP contribution in [0.25, 0.3) is 0 Å². The lowest BCUT2D eigenvalue weighted by molar-refractivity contribution is -0.136. The van der Waals surface area contributed by atoms with E-state index < -0.39 is 17.5 Å². The third-order valence-electron chi connectivity index (χ3n) is 4.93. The van der Waals surface area contributed by atoms with Gasteiger partial charge in [-0.1, -0.05) is 6.07 Å². The maximum atomic E-state index is 13.4. The van der Waals surface area contributed by atoms with Crippen molar-refractivity contribution in [2.24, 2.45) is 5.92 Å². The highest BCUT2D eigenvalue weighted by molar-refractivity contribution is 5.94. The summed E-state index contributed by atoms with van der Waals surface area (Å²) in [6, 6.07) is 8.87. The minimum atomic E-state index is -0.952. The number of carbonyl (C=O) groups is 2. The van der Waals surface area contributed by atoms with Crippen LogP contribution < -0.4 is 0 Å². The van der Waals surface area contributed by atoms with Crippen LogP contribution in [0, 0.1) is 23.4 Å². The smallest absolute Gasteiger partial charge is 0.253 e. The van der Waals surface area contributed by atoms with Crippen molar-refractivity contribution in [3.05, 3.63) is 71.0 Å². The van der Waals surface area contributed by atoms with E-state index in [9.17, 15) is 22.8 Å². The highest BCUT2D eigenvalue weighted by Crippen LogP contribution is 2.21. The summed E-state index contributed by atoms with van der Waals surface area (Å²) in [5.74, 6) is -3.05.